The predicted molar refractivity (Wildman–Crippen MR) is 55.2 cm³/mol. The summed E-state index contributed by atoms with van der Waals surface area (Å²) in [6, 6.07) is 0. The Balaban J connectivity index is 3.12. The van der Waals surface area contributed by atoms with Gasteiger partial charge in [-0.1, -0.05) is 6.58 Å². The highest BCUT2D eigenvalue weighted by molar-refractivity contribution is 5.45. The van der Waals surface area contributed by atoms with Gasteiger partial charge in [0, 0.05) is 11.1 Å². The number of aromatic hydroxyl groups is 1. The molecule has 0 aliphatic carbocycles. The van der Waals surface area contributed by atoms with Gasteiger partial charge >= 0.3 is 0 Å². The van der Waals surface area contributed by atoms with E-state index in [1.165, 1.54) is 6.61 Å². The topological polar surface area (TPSA) is 42.4 Å². The van der Waals surface area contributed by atoms with E-state index in [0.717, 1.165) is 11.1 Å². The van der Waals surface area contributed by atoms with Crippen molar-refractivity contribution in [2.45, 2.75) is 20.8 Å². The SMILES string of the molecule is C=C[CH]Oc1nc(C)c(O)c(C)c1C. The zero-order chi connectivity index (χ0) is 10.7. The summed E-state index contributed by atoms with van der Waals surface area (Å²) in [5, 5.41) is 9.59. The Morgan fingerprint density at radius 1 is 1.29 bits per heavy atom. The maximum atomic E-state index is 9.59. The monoisotopic (exact) mass is 192 g/mol. The number of ether oxygens (including phenoxy) is 1. The molecule has 0 aliphatic rings. The summed E-state index contributed by atoms with van der Waals surface area (Å²) in [4.78, 5) is 4.12. The second kappa shape index (κ2) is 4.13. The van der Waals surface area contributed by atoms with Gasteiger partial charge in [0.2, 0.25) is 5.88 Å². The minimum atomic E-state index is 0.230. The summed E-state index contributed by atoms with van der Waals surface area (Å²) in [5.41, 5.74) is 2.21. The lowest BCUT2D eigenvalue weighted by Crippen LogP contribution is -1.98. The van der Waals surface area contributed by atoms with Crippen LogP contribution in [0, 0.1) is 27.4 Å². The summed E-state index contributed by atoms with van der Waals surface area (Å²) in [7, 11) is 0. The third-order valence-corrected chi connectivity index (χ3v) is 2.13. The van der Waals surface area contributed by atoms with Crippen molar-refractivity contribution >= 4 is 0 Å². The van der Waals surface area contributed by atoms with Crippen LogP contribution in [0.3, 0.4) is 0 Å². The van der Waals surface area contributed by atoms with E-state index in [-0.39, 0.29) is 5.75 Å². The molecule has 0 saturated carbocycles. The molecular formula is C11H14NO2. The van der Waals surface area contributed by atoms with Crippen LogP contribution in [0.25, 0.3) is 0 Å². The molecule has 1 aromatic rings. The molecule has 0 bridgehead atoms. The van der Waals surface area contributed by atoms with E-state index < -0.39 is 0 Å². The van der Waals surface area contributed by atoms with Crippen molar-refractivity contribution in [2.75, 3.05) is 0 Å². The van der Waals surface area contributed by atoms with E-state index in [2.05, 4.69) is 11.6 Å². The Labute approximate surface area is 84.1 Å². The van der Waals surface area contributed by atoms with Crippen LogP contribution in [0.5, 0.6) is 11.6 Å². The van der Waals surface area contributed by atoms with Crippen molar-refractivity contribution in [3.63, 3.8) is 0 Å². The van der Waals surface area contributed by atoms with E-state index >= 15 is 0 Å². The molecule has 1 radical (unpaired) electrons. The van der Waals surface area contributed by atoms with Crippen LogP contribution < -0.4 is 4.74 Å². The summed E-state index contributed by atoms with van der Waals surface area (Å²) in [6.45, 7) is 10.4. The summed E-state index contributed by atoms with van der Waals surface area (Å²) < 4.78 is 5.24. The first kappa shape index (κ1) is 10.6. The van der Waals surface area contributed by atoms with Gasteiger partial charge in [0.05, 0.1) is 5.69 Å². The van der Waals surface area contributed by atoms with Crippen LogP contribution in [0.4, 0.5) is 0 Å². The second-order valence-electron chi connectivity index (χ2n) is 3.09. The fourth-order valence-corrected chi connectivity index (χ4v) is 1.13. The smallest absolute Gasteiger partial charge is 0.217 e. The molecule has 1 rings (SSSR count). The van der Waals surface area contributed by atoms with Crippen LogP contribution >= 0.6 is 0 Å². The van der Waals surface area contributed by atoms with Crippen molar-refractivity contribution < 1.29 is 9.84 Å². The number of pyridine rings is 1. The van der Waals surface area contributed by atoms with Gasteiger partial charge in [-0.3, -0.25) is 0 Å². The third kappa shape index (κ3) is 1.87. The number of hydrogen-bond donors (Lipinski definition) is 1. The quantitative estimate of drug-likeness (QED) is 0.799. The molecule has 0 atom stereocenters. The maximum absolute atomic E-state index is 9.59. The first-order valence-corrected chi connectivity index (χ1v) is 4.35. The fraction of sp³-hybridized carbons (Fsp3) is 0.273. The highest BCUT2D eigenvalue weighted by Gasteiger charge is 2.11. The lowest BCUT2D eigenvalue weighted by atomic mass is 10.1. The molecule has 14 heavy (non-hydrogen) atoms. The molecule has 0 unspecified atom stereocenters. The van der Waals surface area contributed by atoms with Gasteiger partial charge in [-0.25, -0.2) is 4.98 Å². The van der Waals surface area contributed by atoms with Crippen LogP contribution in [-0.4, -0.2) is 10.1 Å². The standard InChI is InChI=1S/C11H14NO2/c1-5-6-14-11-8(3)7(2)10(13)9(4)12-11/h5-6,13H,1H2,2-4H3. The third-order valence-electron chi connectivity index (χ3n) is 2.13. The number of hydrogen-bond acceptors (Lipinski definition) is 3. The Hall–Kier alpha value is -1.51. The van der Waals surface area contributed by atoms with Gasteiger partial charge in [-0.2, -0.15) is 0 Å². The summed E-state index contributed by atoms with van der Waals surface area (Å²) in [5.74, 6) is 0.742. The normalized spacial score (nSPS) is 9.93. The van der Waals surface area contributed by atoms with E-state index in [4.69, 9.17) is 4.74 Å². The maximum Gasteiger partial charge on any atom is 0.217 e. The van der Waals surface area contributed by atoms with Crippen molar-refractivity contribution in [1.29, 1.82) is 0 Å². The first-order chi connectivity index (χ1) is 6.57. The molecule has 0 spiro atoms. The van der Waals surface area contributed by atoms with Crippen LogP contribution in [-0.2, 0) is 0 Å². The van der Waals surface area contributed by atoms with Crippen LogP contribution in [0.2, 0.25) is 0 Å². The fourth-order valence-electron chi connectivity index (χ4n) is 1.13. The zero-order valence-corrected chi connectivity index (χ0v) is 8.66. The molecule has 0 aliphatic heterocycles. The first-order valence-electron chi connectivity index (χ1n) is 4.35. The Morgan fingerprint density at radius 3 is 2.50 bits per heavy atom. The van der Waals surface area contributed by atoms with Gasteiger partial charge in [-0.05, 0) is 26.8 Å². The molecule has 0 aromatic carbocycles. The largest absolute Gasteiger partial charge is 0.506 e. The number of aromatic nitrogens is 1. The molecule has 75 valence electrons. The highest BCUT2D eigenvalue weighted by Crippen LogP contribution is 2.28. The van der Waals surface area contributed by atoms with Gasteiger partial charge in [0.1, 0.15) is 5.75 Å². The lowest BCUT2D eigenvalue weighted by Gasteiger charge is -2.11. The predicted octanol–water partition coefficient (Wildman–Crippen LogP) is 2.44. The molecule has 0 amide bonds. The zero-order valence-electron chi connectivity index (χ0n) is 8.66. The van der Waals surface area contributed by atoms with Gasteiger partial charge in [0.25, 0.3) is 0 Å². The molecule has 0 saturated heterocycles. The summed E-state index contributed by atoms with van der Waals surface area (Å²) >= 11 is 0. The minimum absolute atomic E-state index is 0.230. The summed E-state index contributed by atoms with van der Waals surface area (Å²) in [6.07, 6.45) is 1.54. The Kier molecular flexibility index (Phi) is 3.12. The van der Waals surface area contributed by atoms with E-state index in [1.54, 1.807) is 13.0 Å². The molecule has 1 N–H and O–H groups in total. The average molecular weight is 192 g/mol. The van der Waals surface area contributed by atoms with Gasteiger partial charge in [0.15, 0.2) is 6.61 Å². The van der Waals surface area contributed by atoms with Crippen molar-refractivity contribution in [3.8, 4) is 11.6 Å². The number of aryl methyl sites for hydroxylation is 1. The Morgan fingerprint density at radius 2 is 1.93 bits per heavy atom. The molecular weight excluding hydrogens is 178 g/mol. The second-order valence-corrected chi connectivity index (χ2v) is 3.09. The molecule has 3 heteroatoms. The highest BCUT2D eigenvalue weighted by atomic mass is 16.5. The van der Waals surface area contributed by atoms with Crippen molar-refractivity contribution in [2.24, 2.45) is 0 Å². The van der Waals surface area contributed by atoms with Gasteiger partial charge < -0.3 is 9.84 Å². The molecule has 0 fully saturated rings. The number of rotatable bonds is 3. The molecule has 1 heterocycles. The van der Waals surface area contributed by atoms with Crippen LogP contribution in [0.1, 0.15) is 16.8 Å². The molecule has 3 nitrogen and oxygen atoms in total. The van der Waals surface area contributed by atoms with Crippen molar-refractivity contribution in [1.82, 2.24) is 4.98 Å². The van der Waals surface area contributed by atoms with E-state index in [9.17, 15) is 5.11 Å². The lowest BCUT2D eigenvalue weighted by molar-refractivity contribution is 0.403. The van der Waals surface area contributed by atoms with E-state index in [0.29, 0.717) is 11.6 Å². The average Bonchev–Trinajstić information content (AvgIpc) is 2.18. The molecule has 1 aromatic heterocycles. The van der Waals surface area contributed by atoms with Crippen molar-refractivity contribution in [3.05, 3.63) is 36.1 Å². The van der Waals surface area contributed by atoms with Crippen LogP contribution in [0.15, 0.2) is 12.7 Å². The number of nitrogens with zero attached hydrogens (tertiary/aromatic N) is 1. The minimum Gasteiger partial charge on any atom is -0.506 e. The Bertz CT molecular complexity index is 359. The van der Waals surface area contributed by atoms with Gasteiger partial charge in [-0.15, -0.1) is 0 Å². The van der Waals surface area contributed by atoms with E-state index in [1.807, 2.05) is 13.8 Å².